The third kappa shape index (κ3) is 6.03. The molecule has 0 saturated carbocycles. The lowest BCUT2D eigenvalue weighted by atomic mass is 10.1. The molecule has 2 rings (SSSR count). The molecule has 0 amide bonds. The standard InChI is InChI=1S/C17H27N3O3S/c1-3-18-17(19-13-15-9-12-24(21,22)14-15)20(2)10-11-23-16-7-5-4-6-8-16/h4-8,15H,3,9-14H2,1-2H3,(H,18,19). The number of ether oxygens (including phenoxy) is 1. The van der Waals surface area contributed by atoms with Crippen LogP contribution >= 0.6 is 0 Å². The second-order valence-electron chi connectivity index (χ2n) is 6.05. The fraction of sp³-hybridized carbons (Fsp3) is 0.588. The van der Waals surface area contributed by atoms with Gasteiger partial charge in [-0.1, -0.05) is 18.2 Å². The summed E-state index contributed by atoms with van der Waals surface area (Å²) in [6, 6.07) is 9.71. The third-order valence-electron chi connectivity index (χ3n) is 3.96. The topological polar surface area (TPSA) is 71.0 Å². The van der Waals surface area contributed by atoms with E-state index in [1.54, 1.807) is 0 Å². The highest BCUT2D eigenvalue weighted by Crippen LogP contribution is 2.18. The van der Waals surface area contributed by atoms with Crippen molar-refractivity contribution in [1.29, 1.82) is 0 Å². The molecule has 1 aromatic rings. The maximum Gasteiger partial charge on any atom is 0.193 e. The van der Waals surface area contributed by atoms with E-state index in [4.69, 9.17) is 4.74 Å². The van der Waals surface area contributed by atoms with E-state index in [1.807, 2.05) is 49.2 Å². The second kappa shape index (κ2) is 8.92. The van der Waals surface area contributed by atoms with Gasteiger partial charge < -0.3 is 15.0 Å². The van der Waals surface area contributed by atoms with Gasteiger partial charge in [-0.2, -0.15) is 0 Å². The summed E-state index contributed by atoms with van der Waals surface area (Å²) in [7, 11) is -0.884. The molecule has 1 saturated heterocycles. The molecule has 1 heterocycles. The molecule has 1 unspecified atom stereocenters. The van der Waals surface area contributed by atoms with Gasteiger partial charge >= 0.3 is 0 Å². The highest BCUT2D eigenvalue weighted by molar-refractivity contribution is 7.91. The number of nitrogens with one attached hydrogen (secondary N) is 1. The Balaban J connectivity index is 1.83. The first-order valence-corrected chi connectivity index (χ1v) is 10.2. The number of likely N-dealkylation sites (N-methyl/N-ethyl adjacent to an activating group) is 1. The highest BCUT2D eigenvalue weighted by Gasteiger charge is 2.27. The van der Waals surface area contributed by atoms with Gasteiger partial charge in [-0.3, -0.25) is 4.99 Å². The molecule has 24 heavy (non-hydrogen) atoms. The Morgan fingerprint density at radius 1 is 1.38 bits per heavy atom. The summed E-state index contributed by atoms with van der Waals surface area (Å²) in [5.74, 6) is 2.33. The van der Waals surface area contributed by atoms with Crippen molar-refractivity contribution in [3.05, 3.63) is 30.3 Å². The van der Waals surface area contributed by atoms with Gasteiger partial charge in [0.15, 0.2) is 15.8 Å². The second-order valence-corrected chi connectivity index (χ2v) is 8.28. The first-order chi connectivity index (χ1) is 11.5. The average molecular weight is 353 g/mol. The number of nitrogens with zero attached hydrogens (tertiary/aromatic N) is 2. The number of hydrogen-bond donors (Lipinski definition) is 1. The zero-order chi connectivity index (χ0) is 17.4. The minimum Gasteiger partial charge on any atom is -0.492 e. The summed E-state index contributed by atoms with van der Waals surface area (Å²) in [5, 5.41) is 3.25. The van der Waals surface area contributed by atoms with Crippen molar-refractivity contribution in [3.63, 3.8) is 0 Å². The minimum absolute atomic E-state index is 0.137. The number of sulfone groups is 1. The molecular formula is C17H27N3O3S. The normalized spacial score (nSPS) is 19.9. The maximum absolute atomic E-state index is 11.5. The van der Waals surface area contributed by atoms with Gasteiger partial charge in [0.2, 0.25) is 0 Å². The fourth-order valence-corrected chi connectivity index (χ4v) is 4.47. The van der Waals surface area contributed by atoms with E-state index in [1.165, 1.54) is 0 Å². The lowest BCUT2D eigenvalue weighted by Gasteiger charge is -2.22. The van der Waals surface area contributed by atoms with Crippen LogP contribution in [0.2, 0.25) is 0 Å². The number of hydrogen-bond acceptors (Lipinski definition) is 4. The average Bonchev–Trinajstić information content (AvgIpc) is 2.91. The van der Waals surface area contributed by atoms with Crippen LogP contribution in [-0.4, -0.2) is 64.1 Å². The lowest BCUT2D eigenvalue weighted by Crippen LogP contribution is -2.41. The van der Waals surface area contributed by atoms with Crippen molar-refractivity contribution in [3.8, 4) is 5.75 Å². The molecule has 1 N–H and O–H groups in total. The summed E-state index contributed by atoms with van der Waals surface area (Å²) >= 11 is 0. The molecule has 7 heteroatoms. The molecular weight excluding hydrogens is 326 g/mol. The Morgan fingerprint density at radius 2 is 2.12 bits per heavy atom. The predicted octanol–water partition coefficient (Wildman–Crippen LogP) is 1.40. The molecule has 1 fully saturated rings. The Morgan fingerprint density at radius 3 is 2.75 bits per heavy atom. The van der Waals surface area contributed by atoms with E-state index in [0.29, 0.717) is 31.9 Å². The summed E-state index contributed by atoms with van der Waals surface area (Å²) in [4.78, 5) is 6.61. The first-order valence-electron chi connectivity index (χ1n) is 8.38. The molecule has 0 spiro atoms. The molecule has 1 aromatic carbocycles. The van der Waals surface area contributed by atoms with E-state index >= 15 is 0 Å². The quantitative estimate of drug-likeness (QED) is 0.593. The van der Waals surface area contributed by atoms with Crippen molar-refractivity contribution in [2.75, 3.05) is 44.8 Å². The zero-order valence-corrected chi connectivity index (χ0v) is 15.3. The van der Waals surface area contributed by atoms with Gasteiger partial charge in [0, 0.05) is 20.1 Å². The summed E-state index contributed by atoms with van der Waals surface area (Å²) in [6.45, 7) is 4.59. The van der Waals surface area contributed by atoms with Gasteiger partial charge in [-0.05, 0) is 31.4 Å². The number of aliphatic imine (C=N–C) groups is 1. The first kappa shape index (κ1) is 18.6. The summed E-state index contributed by atoms with van der Waals surface area (Å²) in [6.07, 6.45) is 0.714. The van der Waals surface area contributed by atoms with Gasteiger partial charge in [0.25, 0.3) is 0 Å². The number of para-hydroxylation sites is 1. The molecule has 0 bridgehead atoms. The van der Waals surface area contributed by atoms with Crippen LogP contribution in [0.25, 0.3) is 0 Å². The smallest absolute Gasteiger partial charge is 0.193 e. The van der Waals surface area contributed by atoms with Crippen LogP contribution < -0.4 is 10.1 Å². The van der Waals surface area contributed by atoms with Crippen molar-refractivity contribution in [1.82, 2.24) is 10.2 Å². The fourth-order valence-electron chi connectivity index (χ4n) is 2.62. The molecule has 0 aliphatic carbocycles. The number of guanidine groups is 1. The summed E-state index contributed by atoms with van der Waals surface area (Å²) < 4.78 is 28.8. The summed E-state index contributed by atoms with van der Waals surface area (Å²) in [5.41, 5.74) is 0. The number of benzene rings is 1. The van der Waals surface area contributed by atoms with E-state index < -0.39 is 9.84 Å². The van der Waals surface area contributed by atoms with E-state index in [-0.39, 0.29) is 11.7 Å². The molecule has 0 aromatic heterocycles. The Kier molecular flexibility index (Phi) is 6.90. The predicted molar refractivity (Wildman–Crippen MR) is 97.3 cm³/mol. The highest BCUT2D eigenvalue weighted by atomic mass is 32.2. The Hall–Kier alpha value is -1.76. The van der Waals surface area contributed by atoms with E-state index in [9.17, 15) is 8.42 Å². The van der Waals surface area contributed by atoms with Crippen molar-refractivity contribution in [2.45, 2.75) is 13.3 Å². The van der Waals surface area contributed by atoms with E-state index in [2.05, 4.69) is 10.3 Å². The minimum atomic E-state index is -2.84. The molecule has 0 radical (unpaired) electrons. The van der Waals surface area contributed by atoms with Crippen LogP contribution in [-0.2, 0) is 9.84 Å². The molecule has 1 aliphatic heterocycles. The largest absolute Gasteiger partial charge is 0.492 e. The van der Waals surface area contributed by atoms with Crippen LogP contribution in [0.15, 0.2) is 35.3 Å². The monoisotopic (exact) mass is 353 g/mol. The van der Waals surface area contributed by atoms with Crippen molar-refractivity contribution in [2.24, 2.45) is 10.9 Å². The molecule has 6 nitrogen and oxygen atoms in total. The SMILES string of the molecule is CCNC(=NCC1CCS(=O)(=O)C1)N(C)CCOc1ccccc1. The number of rotatable bonds is 7. The van der Waals surface area contributed by atoms with Gasteiger partial charge in [0.1, 0.15) is 12.4 Å². The van der Waals surface area contributed by atoms with Gasteiger partial charge in [0.05, 0.1) is 18.1 Å². The van der Waals surface area contributed by atoms with Crippen LogP contribution in [0.1, 0.15) is 13.3 Å². The van der Waals surface area contributed by atoms with Crippen LogP contribution in [0, 0.1) is 5.92 Å². The molecule has 1 aliphatic rings. The maximum atomic E-state index is 11.5. The van der Waals surface area contributed by atoms with Gasteiger partial charge in [-0.15, -0.1) is 0 Å². The Labute approximate surface area is 144 Å². The van der Waals surface area contributed by atoms with E-state index in [0.717, 1.165) is 18.3 Å². The molecule has 134 valence electrons. The van der Waals surface area contributed by atoms with Gasteiger partial charge in [-0.25, -0.2) is 8.42 Å². The zero-order valence-electron chi connectivity index (χ0n) is 14.4. The lowest BCUT2D eigenvalue weighted by molar-refractivity contribution is 0.281. The van der Waals surface area contributed by atoms with Crippen LogP contribution in [0.3, 0.4) is 0 Å². The Bertz CT molecular complexity index is 632. The molecule has 1 atom stereocenters. The van der Waals surface area contributed by atoms with Crippen molar-refractivity contribution < 1.29 is 13.2 Å². The third-order valence-corrected chi connectivity index (χ3v) is 5.80. The van der Waals surface area contributed by atoms with Crippen LogP contribution in [0.5, 0.6) is 5.75 Å². The van der Waals surface area contributed by atoms with Crippen molar-refractivity contribution >= 4 is 15.8 Å². The van der Waals surface area contributed by atoms with Crippen LogP contribution in [0.4, 0.5) is 0 Å².